The van der Waals surface area contributed by atoms with Crippen molar-refractivity contribution in [3.8, 4) is 17.5 Å². The van der Waals surface area contributed by atoms with E-state index in [0.717, 1.165) is 81.3 Å². The zero-order valence-corrected chi connectivity index (χ0v) is 20.9. The van der Waals surface area contributed by atoms with E-state index in [2.05, 4.69) is 26.8 Å². The van der Waals surface area contributed by atoms with Crippen LogP contribution in [0.3, 0.4) is 0 Å². The van der Waals surface area contributed by atoms with Gasteiger partial charge >= 0.3 is 0 Å². The van der Waals surface area contributed by atoms with Gasteiger partial charge in [0.15, 0.2) is 0 Å². The van der Waals surface area contributed by atoms with Crippen molar-refractivity contribution in [1.82, 2.24) is 19.9 Å². The molecule has 1 unspecified atom stereocenters. The summed E-state index contributed by atoms with van der Waals surface area (Å²) in [6, 6.07) is 9.68. The van der Waals surface area contributed by atoms with E-state index >= 15 is 0 Å². The Morgan fingerprint density at radius 1 is 1.19 bits per heavy atom. The summed E-state index contributed by atoms with van der Waals surface area (Å²) in [6.07, 6.45) is 11.2. The van der Waals surface area contributed by atoms with Gasteiger partial charge in [-0.2, -0.15) is 10.4 Å². The van der Waals surface area contributed by atoms with Crippen molar-refractivity contribution < 1.29 is 14.6 Å². The number of fused-ring (bicyclic) bond motifs is 4. The van der Waals surface area contributed by atoms with Crippen molar-refractivity contribution in [3.05, 3.63) is 47.8 Å². The maximum Gasteiger partial charge on any atom is 0.254 e. The first-order chi connectivity index (χ1) is 18.0. The molecule has 0 aromatic carbocycles. The van der Waals surface area contributed by atoms with E-state index in [4.69, 9.17) is 4.74 Å². The van der Waals surface area contributed by atoms with Crippen molar-refractivity contribution in [1.29, 1.82) is 5.26 Å². The second-order valence-electron chi connectivity index (χ2n) is 10.8. The molecule has 1 aliphatic heterocycles. The summed E-state index contributed by atoms with van der Waals surface area (Å²) in [6.45, 7) is 1.35. The predicted molar refractivity (Wildman–Crippen MR) is 138 cm³/mol. The van der Waals surface area contributed by atoms with Crippen LogP contribution in [0.1, 0.15) is 73.7 Å². The molecule has 4 fully saturated rings. The maximum atomic E-state index is 13.3. The molecule has 9 nitrogen and oxygen atoms in total. The van der Waals surface area contributed by atoms with Crippen LogP contribution in [0, 0.1) is 11.3 Å². The van der Waals surface area contributed by atoms with Gasteiger partial charge in [-0.1, -0.05) is 0 Å². The van der Waals surface area contributed by atoms with Gasteiger partial charge in [0, 0.05) is 24.9 Å². The van der Waals surface area contributed by atoms with Crippen molar-refractivity contribution in [3.63, 3.8) is 0 Å². The van der Waals surface area contributed by atoms with Gasteiger partial charge in [-0.15, -0.1) is 0 Å². The van der Waals surface area contributed by atoms with Gasteiger partial charge in [-0.3, -0.25) is 9.78 Å². The van der Waals surface area contributed by atoms with Crippen molar-refractivity contribution >= 4 is 17.1 Å². The summed E-state index contributed by atoms with van der Waals surface area (Å²) < 4.78 is 7.45. The Hall–Kier alpha value is -3.48. The normalized spacial score (nSPS) is 26.8. The number of amides is 1. The molecule has 192 valence electrons. The molecule has 0 radical (unpaired) electrons. The molecule has 3 aromatic rings. The van der Waals surface area contributed by atoms with Crippen LogP contribution >= 0.6 is 0 Å². The van der Waals surface area contributed by atoms with Gasteiger partial charge in [-0.05, 0) is 82.1 Å². The average molecular weight is 501 g/mol. The first kappa shape index (κ1) is 23.9. The molecule has 1 atom stereocenters. The minimum atomic E-state index is -0.534. The van der Waals surface area contributed by atoms with E-state index in [1.807, 2.05) is 18.2 Å². The number of aliphatic hydroxyl groups is 1. The molecule has 1 saturated heterocycles. The number of hydrogen-bond donors (Lipinski definition) is 3. The third-order valence-electron chi connectivity index (χ3n) is 8.42. The number of nitriles is 1. The second-order valence-corrected chi connectivity index (χ2v) is 10.8. The van der Waals surface area contributed by atoms with Crippen LogP contribution in [0.4, 0.5) is 5.69 Å². The molecule has 1 amide bonds. The first-order valence-electron chi connectivity index (χ1n) is 13.2. The lowest BCUT2D eigenvalue weighted by Gasteiger charge is -2.51. The standard InChI is InChI=1S/C28H32N6O3/c29-16-19-14-20-3-4-25(34(20)32-17-19)24-15-23(33-27-6-9-28(36,10-7-27)11-8-27)22(18-31-24)26(35)30-12-5-21-2-1-13-37-21/h3-4,14-15,17-18,21,36H,1-2,5-13H2,(H,30,35)(H,31,33). The van der Waals surface area contributed by atoms with Gasteiger partial charge < -0.3 is 20.5 Å². The lowest BCUT2D eigenvalue weighted by Crippen LogP contribution is -2.54. The highest BCUT2D eigenvalue weighted by Gasteiger charge is 2.48. The Labute approximate surface area is 215 Å². The highest BCUT2D eigenvalue weighted by atomic mass is 16.5. The zero-order valence-electron chi connectivity index (χ0n) is 20.9. The van der Waals surface area contributed by atoms with Crippen LogP contribution in [0.5, 0.6) is 0 Å². The predicted octanol–water partition coefficient (Wildman–Crippen LogP) is 3.82. The van der Waals surface area contributed by atoms with Crippen LogP contribution in [-0.4, -0.2) is 56.0 Å². The molecule has 3 aromatic heterocycles. The summed E-state index contributed by atoms with van der Waals surface area (Å²) in [5.41, 5.74) is 3.36. The fraction of sp³-hybridized carbons (Fsp3) is 0.500. The van der Waals surface area contributed by atoms with E-state index in [0.29, 0.717) is 23.4 Å². The average Bonchev–Trinajstić information content (AvgIpc) is 3.59. The number of ether oxygens (including phenoxy) is 1. The Balaban J connectivity index is 1.30. The third-order valence-corrected chi connectivity index (χ3v) is 8.42. The minimum absolute atomic E-state index is 0.142. The molecule has 4 aliphatic rings. The molecule has 2 bridgehead atoms. The fourth-order valence-corrected chi connectivity index (χ4v) is 6.09. The highest BCUT2D eigenvalue weighted by molar-refractivity contribution is 6.00. The number of hydrogen-bond acceptors (Lipinski definition) is 7. The number of carbonyl (C=O) groups is 1. The lowest BCUT2D eigenvalue weighted by atomic mass is 9.63. The van der Waals surface area contributed by atoms with E-state index in [9.17, 15) is 15.2 Å². The van der Waals surface area contributed by atoms with Crippen LogP contribution in [0.2, 0.25) is 0 Å². The van der Waals surface area contributed by atoms with E-state index in [1.54, 1.807) is 16.8 Å². The number of rotatable bonds is 7. The molecular weight excluding hydrogens is 468 g/mol. The van der Waals surface area contributed by atoms with Gasteiger partial charge in [0.25, 0.3) is 5.91 Å². The van der Waals surface area contributed by atoms with Crippen molar-refractivity contribution in [2.45, 2.75) is 75.0 Å². The maximum absolute atomic E-state index is 13.3. The summed E-state index contributed by atoms with van der Waals surface area (Å²) in [5.74, 6) is -0.157. The van der Waals surface area contributed by atoms with Crippen molar-refractivity contribution in [2.24, 2.45) is 0 Å². The Bertz CT molecular complexity index is 1350. The Morgan fingerprint density at radius 2 is 2.00 bits per heavy atom. The number of carbonyl (C=O) groups excluding carboxylic acids is 1. The van der Waals surface area contributed by atoms with Crippen LogP contribution in [0.15, 0.2) is 36.7 Å². The summed E-state index contributed by atoms with van der Waals surface area (Å²) >= 11 is 0. The monoisotopic (exact) mass is 500 g/mol. The topological polar surface area (TPSA) is 125 Å². The number of pyridine rings is 1. The lowest BCUT2D eigenvalue weighted by molar-refractivity contribution is -0.0580. The molecule has 3 N–H and O–H groups in total. The van der Waals surface area contributed by atoms with Gasteiger partial charge in [0.1, 0.15) is 6.07 Å². The SMILES string of the molecule is N#Cc1cnn2c(-c3cc(NC45CCC(O)(CC4)CC5)c(C(=O)NCCC4CCCO4)cn3)ccc2c1. The number of nitrogens with one attached hydrogen (secondary N) is 2. The summed E-state index contributed by atoms with van der Waals surface area (Å²) in [7, 11) is 0. The first-order valence-corrected chi connectivity index (χ1v) is 13.2. The summed E-state index contributed by atoms with van der Waals surface area (Å²) in [5, 5.41) is 31.1. The minimum Gasteiger partial charge on any atom is -0.390 e. The molecule has 0 spiro atoms. The van der Waals surface area contributed by atoms with E-state index in [1.165, 1.54) is 6.20 Å². The second kappa shape index (κ2) is 9.43. The van der Waals surface area contributed by atoms with Gasteiger partial charge in [-0.25, -0.2) is 4.52 Å². The number of anilines is 1. The van der Waals surface area contributed by atoms with Crippen molar-refractivity contribution in [2.75, 3.05) is 18.5 Å². The smallest absolute Gasteiger partial charge is 0.254 e. The largest absolute Gasteiger partial charge is 0.390 e. The highest BCUT2D eigenvalue weighted by Crippen LogP contribution is 2.48. The molecule has 7 rings (SSSR count). The van der Waals surface area contributed by atoms with Crippen LogP contribution in [0.25, 0.3) is 16.9 Å². The van der Waals surface area contributed by atoms with Gasteiger partial charge in [0.2, 0.25) is 0 Å². The number of nitrogens with zero attached hydrogens (tertiary/aromatic N) is 4. The van der Waals surface area contributed by atoms with Gasteiger partial charge in [0.05, 0.1) is 51.6 Å². The molecule has 3 saturated carbocycles. The molecule has 4 heterocycles. The third kappa shape index (κ3) is 4.67. The molecule has 37 heavy (non-hydrogen) atoms. The molecule has 3 aliphatic carbocycles. The quantitative estimate of drug-likeness (QED) is 0.450. The van der Waals surface area contributed by atoms with E-state index < -0.39 is 5.60 Å². The Kier molecular flexibility index (Phi) is 6.09. The van der Waals surface area contributed by atoms with E-state index in [-0.39, 0.29) is 17.6 Å². The molecular formula is C28H32N6O3. The fourth-order valence-electron chi connectivity index (χ4n) is 6.09. The molecule has 9 heteroatoms. The zero-order chi connectivity index (χ0) is 25.5. The van der Waals surface area contributed by atoms with Crippen LogP contribution in [-0.2, 0) is 4.74 Å². The summed E-state index contributed by atoms with van der Waals surface area (Å²) in [4.78, 5) is 17.9. The van der Waals surface area contributed by atoms with Crippen LogP contribution < -0.4 is 10.6 Å². The number of aromatic nitrogens is 3. The Morgan fingerprint density at radius 3 is 2.73 bits per heavy atom.